The first kappa shape index (κ1) is 16.0. The molecule has 0 saturated carbocycles. The average Bonchev–Trinajstić information content (AvgIpc) is 3.07. The number of pyridine rings is 1. The van der Waals surface area contributed by atoms with Crippen LogP contribution in [0, 0.1) is 22.7 Å². The fourth-order valence-electron chi connectivity index (χ4n) is 2.43. The van der Waals surface area contributed by atoms with E-state index in [-0.39, 0.29) is 12.1 Å². The number of fused-ring (bicyclic) bond motifs is 1. The van der Waals surface area contributed by atoms with Crippen molar-refractivity contribution in [2.45, 2.75) is 6.54 Å². The van der Waals surface area contributed by atoms with Gasteiger partial charge >= 0.3 is 0 Å². The third-order valence-electron chi connectivity index (χ3n) is 3.66. The summed E-state index contributed by atoms with van der Waals surface area (Å²) >= 11 is 0. The molecule has 6 nitrogen and oxygen atoms in total. The van der Waals surface area contributed by atoms with Crippen LogP contribution in [0.3, 0.4) is 0 Å². The van der Waals surface area contributed by atoms with E-state index in [1.54, 1.807) is 36.7 Å². The van der Waals surface area contributed by atoms with Crippen LogP contribution in [0.1, 0.15) is 16.7 Å². The van der Waals surface area contributed by atoms with Gasteiger partial charge in [-0.25, -0.2) is 4.98 Å². The van der Waals surface area contributed by atoms with E-state index in [0.29, 0.717) is 11.2 Å². The van der Waals surface area contributed by atoms with E-state index in [4.69, 9.17) is 5.26 Å². The van der Waals surface area contributed by atoms with Gasteiger partial charge in [0.05, 0.1) is 11.6 Å². The monoisotopic (exact) mass is 327 g/mol. The van der Waals surface area contributed by atoms with Crippen molar-refractivity contribution >= 4 is 23.0 Å². The Bertz CT molecular complexity index is 1050. The topological polar surface area (TPSA) is 105 Å². The predicted molar refractivity (Wildman–Crippen MR) is 92.7 cm³/mol. The lowest BCUT2D eigenvalue weighted by atomic mass is 10.1. The Hall–Kier alpha value is -3.90. The molecule has 0 atom stereocenters. The number of nitrogens with one attached hydrogen (secondary N) is 2. The number of hydrogen-bond acceptors (Lipinski definition) is 4. The van der Waals surface area contributed by atoms with Gasteiger partial charge in [0, 0.05) is 29.9 Å². The minimum Gasteiger partial charge on any atom is -0.347 e. The van der Waals surface area contributed by atoms with Crippen LogP contribution in [0.15, 0.2) is 54.4 Å². The summed E-state index contributed by atoms with van der Waals surface area (Å²) in [6.45, 7) is 0.239. The third-order valence-corrected chi connectivity index (χ3v) is 3.66. The van der Waals surface area contributed by atoms with Gasteiger partial charge in [0.15, 0.2) is 0 Å². The van der Waals surface area contributed by atoms with Crippen LogP contribution in [-0.4, -0.2) is 15.9 Å². The first-order valence-corrected chi connectivity index (χ1v) is 7.52. The Kier molecular flexibility index (Phi) is 4.55. The minimum absolute atomic E-state index is 0.00110. The Morgan fingerprint density at radius 3 is 2.96 bits per heavy atom. The van der Waals surface area contributed by atoms with Gasteiger partial charge < -0.3 is 10.3 Å². The Morgan fingerprint density at radius 1 is 1.28 bits per heavy atom. The van der Waals surface area contributed by atoms with Crippen LogP contribution in [0.5, 0.6) is 0 Å². The molecular formula is C19H13N5O. The molecule has 2 aromatic heterocycles. The van der Waals surface area contributed by atoms with Crippen LogP contribution < -0.4 is 5.32 Å². The fraction of sp³-hybridized carbons (Fsp3) is 0.0526. The Morgan fingerprint density at radius 2 is 2.16 bits per heavy atom. The number of aromatic nitrogens is 2. The highest BCUT2D eigenvalue weighted by Crippen LogP contribution is 2.18. The van der Waals surface area contributed by atoms with E-state index in [0.717, 1.165) is 16.5 Å². The smallest absolute Gasteiger partial charge is 0.262 e. The molecule has 0 radical (unpaired) electrons. The molecule has 1 amide bonds. The summed E-state index contributed by atoms with van der Waals surface area (Å²) in [5.74, 6) is -0.469. The van der Waals surface area contributed by atoms with E-state index < -0.39 is 5.91 Å². The summed E-state index contributed by atoms with van der Waals surface area (Å²) in [6.07, 6.45) is 4.90. The number of amides is 1. The molecular weight excluding hydrogens is 314 g/mol. The van der Waals surface area contributed by atoms with Crippen molar-refractivity contribution in [3.63, 3.8) is 0 Å². The molecule has 0 spiro atoms. The molecule has 3 rings (SSSR count). The van der Waals surface area contributed by atoms with Crippen molar-refractivity contribution in [2.24, 2.45) is 0 Å². The minimum atomic E-state index is -0.469. The molecule has 0 unspecified atom stereocenters. The van der Waals surface area contributed by atoms with Crippen molar-refractivity contribution < 1.29 is 4.79 Å². The fourth-order valence-corrected chi connectivity index (χ4v) is 2.43. The molecule has 2 N–H and O–H groups in total. The summed E-state index contributed by atoms with van der Waals surface area (Å²) in [7, 11) is 0. The molecule has 0 aliphatic carbocycles. The molecule has 25 heavy (non-hydrogen) atoms. The zero-order valence-corrected chi connectivity index (χ0v) is 13.2. The molecule has 3 aromatic rings. The van der Waals surface area contributed by atoms with Gasteiger partial charge in [0.25, 0.3) is 5.91 Å². The molecule has 0 saturated heterocycles. The number of nitriles is 2. The lowest BCUT2D eigenvalue weighted by molar-refractivity contribution is -0.117. The highest BCUT2D eigenvalue weighted by molar-refractivity contribution is 6.03. The number of benzene rings is 1. The second kappa shape index (κ2) is 7.12. The second-order valence-electron chi connectivity index (χ2n) is 5.31. The molecule has 0 fully saturated rings. The second-order valence-corrected chi connectivity index (χ2v) is 5.31. The third kappa shape index (κ3) is 3.54. The Labute approximate surface area is 144 Å². The van der Waals surface area contributed by atoms with Crippen LogP contribution in [0.2, 0.25) is 0 Å². The largest absolute Gasteiger partial charge is 0.347 e. The quantitative estimate of drug-likeness (QED) is 0.567. The standard InChI is InChI=1S/C19H13N5O/c20-9-13-3-1-4-14(7-13)11-24-19(25)15(10-21)8-16-12-23-18-17(16)5-2-6-22-18/h1-8,12H,11H2,(H,22,23)(H,24,25)/b15-8+. The van der Waals surface area contributed by atoms with Crippen molar-refractivity contribution in [1.82, 2.24) is 15.3 Å². The summed E-state index contributed by atoms with van der Waals surface area (Å²) in [5.41, 5.74) is 2.73. The van der Waals surface area contributed by atoms with Gasteiger partial charge in [-0.05, 0) is 35.9 Å². The van der Waals surface area contributed by atoms with Crippen LogP contribution in [0.4, 0.5) is 0 Å². The van der Waals surface area contributed by atoms with Crippen LogP contribution in [0.25, 0.3) is 17.1 Å². The SMILES string of the molecule is N#C/C(=C\c1c[nH]c2ncccc12)C(=O)NCc1cccc(C#N)c1. The van der Waals surface area contributed by atoms with Gasteiger partial charge in [0.2, 0.25) is 0 Å². The highest BCUT2D eigenvalue weighted by atomic mass is 16.1. The molecule has 1 aromatic carbocycles. The maximum atomic E-state index is 12.3. The predicted octanol–water partition coefficient (Wildman–Crippen LogP) is 2.66. The lowest BCUT2D eigenvalue weighted by Crippen LogP contribution is -2.23. The van der Waals surface area contributed by atoms with E-state index in [2.05, 4.69) is 15.3 Å². The zero-order chi connectivity index (χ0) is 17.6. The van der Waals surface area contributed by atoms with Crippen molar-refractivity contribution in [2.75, 3.05) is 0 Å². The number of rotatable bonds is 4. The molecule has 2 heterocycles. The molecule has 6 heteroatoms. The number of carbonyl (C=O) groups excluding carboxylic acids is 1. The van der Waals surface area contributed by atoms with Gasteiger partial charge in [-0.1, -0.05) is 12.1 Å². The first-order valence-electron chi connectivity index (χ1n) is 7.52. The van der Waals surface area contributed by atoms with Crippen LogP contribution in [-0.2, 0) is 11.3 Å². The summed E-state index contributed by atoms with van der Waals surface area (Å²) in [4.78, 5) is 19.4. The zero-order valence-electron chi connectivity index (χ0n) is 13.2. The van der Waals surface area contributed by atoms with Crippen LogP contribution >= 0.6 is 0 Å². The first-order chi connectivity index (χ1) is 12.2. The van der Waals surface area contributed by atoms with Gasteiger partial charge in [-0.3, -0.25) is 4.79 Å². The lowest BCUT2D eigenvalue weighted by Gasteiger charge is -2.04. The Balaban J connectivity index is 1.77. The van der Waals surface area contributed by atoms with Gasteiger partial charge in [0.1, 0.15) is 17.3 Å². The maximum absolute atomic E-state index is 12.3. The normalized spacial score (nSPS) is 10.9. The molecule has 120 valence electrons. The number of hydrogen-bond donors (Lipinski definition) is 2. The number of carbonyl (C=O) groups is 1. The highest BCUT2D eigenvalue weighted by Gasteiger charge is 2.11. The number of nitrogens with zero attached hydrogens (tertiary/aromatic N) is 3. The van der Waals surface area contributed by atoms with E-state index in [1.807, 2.05) is 24.3 Å². The summed E-state index contributed by atoms with van der Waals surface area (Å²) < 4.78 is 0. The average molecular weight is 327 g/mol. The van der Waals surface area contributed by atoms with Gasteiger partial charge in [-0.15, -0.1) is 0 Å². The molecule has 0 aliphatic rings. The van der Waals surface area contributed by atoms with E-state index in [1.165, 1.54) is 6.08 Å². The maximum Gasteiger partial charge on any atom is 0.262 e. The number of aromatic amines is 1. The van der Waals surface area contributed by atoms with E-state index in [9.17, 15) is 10.1 Å². The van der Waals surface area contributed by atoms with Gasteiger partial charge in [-0.2, -0.15) is 10.5 Å². The van der Waals surface area contributed by atoms with E-state index >= 15 is 0 Å². The molecule has 0 aliphatic heterocycles. The number of H-pyrrole nitrogens is 1. The summed E-state index contributed by atoms with van der Waals surface area (Å²) in [6, 6.07) is 14.6. The van der Waals surface area contributed by atoms with Crippen molar-refractivity contribution in [3.8, 4) is 12.1 Å². The van der Waals surface area contributed by atoms with Crippen molar-refractivity contribution in [1.29, 1.82) is 10.5 Å². The molecule has 0 bridgehead atoms. The van der Waals surface area contributed by atoms with Crippen molar-refractivity contribution in [3.05, 3.63) is 71.1 Å². The summed E-state index contributed by atoms with van der Waals surface area (Å²) in [5, 5.41) is 21.7.